The lowest BCUT2D eigenvalue weighted by Crippen LogP contribution is -2.44. The van der Waals surface area contributed by atoms with Crippen LogP contribution in [0.5, 0.6) is 0 Å². The lowest BCUT2D eigenvalue weighted by molar-refractivity contribution is -0.147. The third-order valence-corrected chi connectivity index (χ3v) is 4.89. The fourth-order valence-electron chi connectivity index (χ4n) is 2.47. The fraction of sp³-hybridized carbons (Fsp3) is 0.688. The second-order valence-electron chi connectivity index (χ2n) is 5.95. The molecule has 0 radical (unpaired) electrons. The Morgan fingerprint density at radius 2 is 2.19 bits per heavy atom. The van der Waals surface area contributed by atoms with Gasteiger partial charge in [0.15, 0.2) is 0 Å². The molecule has 0 aromatic carbocycles. The van der Waals surface area contributed by atoms with Crippen LogP contribution in [0.15, 0.2) is 11.4 Å². The third-order valence-electron chi connectivity index (χ3n) is 3.89. The molecule has 1 aromatic rings. The van der Waals surface area contributed by atoms with E-state index in [0.29, 0.717) is 6.54 Å². The summed E-state index contributed by atoms with van der Waals surface area (Å²) >= 11 is 1.73. The standard InChI is InChI=1S/C16H26N2O2S/c1-13-7-11-21-15(13)12-18(9-8-17(2)3)16(19)14-6-4-5-10-20-14/h7,11,14H,4-6,8-10,12H2,1-3H3/t14-/m0/s1. The van der Waals surface area contributed by atoms with Crippen molar-refractivity contribution in [3.63, 3.8) is 0 Å². The van der Waals surface area contributed by atoms with Crippen LogP contribution in [-0.2, 0) is 16.1 Å². The highest BCUT2D eigenvalue weighted by Crippen LogP contribution is 2.21. The molecule has 0 N–H and O–H groups in total. The van der Waals surface area contributed by atoms with Gasteiger partial charge in [0, 0.05) is 24.6 Å². The van der Waals surface area contributed by atoms with Gasteiger partial charge >= 0.3 is 0 Å². The summed E-state index contributed by atoms with van der Waals surface area (Å²) in [5.74, 6) is 0.157. The zero-order chi connectivity index (χ0) is 15.2. The summed E-state index contributed by atoms with van der Waals surface area (Å²) in [6.07, 6.45) is 2.79. The molecule has 21 heavy (non-hydrogen) atoms. The first-order valence-corrected chi connectivity index (χ1v) is 8.54. The first-order chi connectivity index (χ1) is 10.1. The minimum Gasteiger partial charge on any atom is -0.368 e. The van der Waals surface area contributed by atoms with Gasteiger partial charge in [0.05, 0.1) is 6.54 Å². The summed E-state index contributed by atoms with van der Waals surface area (Å²) in [4.78, 5) is 18.1. The average Bonchev–Trinajstić information content (AvgIpc) is 2.88. The molecule has 1 amide bonds. The van der Waals surface area contributed by atoms with Crippen molar-refractivity contribution >= 4 is 17.2 Å². The van der Waals surface area contributed by atoms with E-state index in [4.69, 9.17) is 4.74 Å². The van der Waals surface area contributed by atoms with Gasteiger partial charge in [-0.2, -0.15) is 0 Å². The maximum absolute atomic E-state index is 12.7. The predicted octanol–water partition coefficient (Wildman–Crippen LogP) is 2.52. The molecule has 0 unspecified atom stereocenters. The smallest absolute Gasteiger partial charge is 0.252 e. The topological polar surface area (TPSA) is 32.8 Å². The summed E-state index contributed by atoms with van der Waals surface area (Å²) < 4.78 is 5.68. The molecule has 4 nitrogen and oxygen atoms in total. The van der Waals surface area contributed by atoms with Crippen molar-refractivity contribution in [2.45, 2.75) is 38.8 Å². The van der Waals surface area contributed by atoms with Gasteiger partial charge in [-0.05, 0) is 57.3 Å². The molecule has 0 aliphatic carbocycles. The van der Waals surface area contributed by atoms with Crippen LogP contribution in [0.1, 0.15) is 29.7 Å². The van der Waals surface area contributed by atoms with Gasteiger partial charge in [0.25, 0.3) is 5.91 Å². The van der Waals surface area contributed by atoms with Gasteiger partial charge in [0.2, 0.25) is 0 Å². The van der Waals surface area contributed by atoms with Crippen LogP contribution in [0.25, 0.3) is 0 Å². The number of aryl methyl sites for hydroxylation is 1. The maximum atomic E-state index is 12.7. The van der Waals surface area contributed by atoms with Crippen LogP contribution in [0, 0.1) is 6.92 Å². The van der Waals surface area contributed by atoms with Crippen LogP contribution in [0.2, 0.25) is 0 Å². The molecule has 0 saturated carbocycles. The van der Waals surface area contributed by atoms with E-state index in [1.54, 1.807) is 11.3 Å². The number of nitrogens with zero attached hydrogens (tertiary/aromatic N) is 2. The quantitative estimate of drug-likeness (QED) is 0.809. The molecular formula is C16H26N2O2S. The average molecular weight is 310 g/mol. The summed E-state index contributed by atoms with van der Waals surface area (Å²) in [6, 6.07) is 2.12. The van der Waals surface area contributed by atoms with Crippen LogP contribution in [-0.4, -0.2) is 55.6 Å². The predicted molar refractivity (Wildman–Crippen MR) is 86.6 cm³/mol. The van der Waals surface area contributed by atoms with E-state index in [1.807, 2.05) is 19.0 Å². The number of carbonyl (C=O) groups excluding carboxylic acids is 1. The molecule has 1 aliphatic heterocycles. The van der Waals surface area contributed by atoms with Gasteiger partial charge in [0.1, 0.15) is 6.10 Å². The van der Waals surface area contributed by atoms with E-state index in [9.17, 15) is 4.79 Å². The minimum absolute atomic E-state index is 0.157. The zero-order valence-corrected chi connectivity index (χ0v) is 14.1. The Morgan fingerprint density at radius 3 is 2.76 bits per heavy atom. The number of ether oxygens (including phenoxy) is 1. The highest BCUT2D eigenvalue weighted by molar-refractivity contribution is 7.10. The zero-order valence-electron chi connectivity index (χ0n) is 13.3. The minimum atomic E-state index is -0.235. The number of thiophene rings is 1. The molecule has 1 atom stereocenters. The summed E-state index contributed by atoms with van der Waals surface area (Å²) in [5.41, 5.74) is 1.27. The summed E-state index contributed by atoms with van der Waals surface area (Å²) in [6.45, 7) is 5.16. The lowest BCUT2D eigenvalue weighted by atomic mass is 10.1. The van der Waals surface area contributed by atoms with Crippen molar-refractivity contribution in [2.75, 3.05) is 33.8 Å². The van der Waals surface area contributed by atoms with Crippen molar-refractivity contribution in [1.29, 1.82) is 0 Å². The summed E-state index contributed by atoms with van der Waals surface area (Å²) in [7, 11) is 4.08. The molecule has 1 aliphatic rings. The largest absolute Gasteiger partial charge is 0.368 e. The lowest BCUT2D eigenvalue weighted by Gasteiger charge is -2.30. The van der Waals surface area contributed by atoms with E-state index in [2.05, 4.69) is 23.3 Å². The van der Waals surface area contributed by atoms with E-state index in [0.717, 1.165) is 39.0 Å². The van der Waals surface area contributed by atoms with Crippen molar-refractivity contribution in [3.8, 4) is 0 Å². The molecule has 2 rings (SSSR count). The van der Waals surface area contributed by atoms with Gasteiger partial charge in [-0.3, -0.25) is 4.79 Å². The molecule has 1 saturated heterocycles. The molecule has 0 spiro atoms. The van der Waals surface area contributed by atoms with Crippen molar-refractivity contribution < 1.29 is 9.53 Å². The van der Waals surface area contributed by atoms with E-state index in [-0.39, 0.29) is 12.0 Å². The second kappa shape index (κ2) is 7.92. The number of rotatable bonds is 6. The van der Waals surface area contributed by atoms with Crippen molar-refractivity contribution in [1.82, 2.24) is 9.80 Å². The molecule has 1 aromatic heterocycles. The fourth-order valence-corrected chi connectivity index (χ4v) is 3.39. The van der Waals surface area contributed by atoms with Crippen molar-refractivity contribution in [3.05, 3.63) is 21.9 Å². The van der Waals surface area contributed by atoms with Gasteiger partial charge in [-0.1, -0.05) is 0 Å². The molecule has 118 valence electrons. The number of amides is 1. The summed E-state index contributed by atoms with van der Waals surface area (Å²) in [5, 5.41) is 2.09. The first-order valence-electron chi connectivity index (χ1n) is 7.66. The number of carbonyl (C=O) groups is 1. The highest BCUT2D eigenvalue weighted by Gasteiger charge is 2.27. The Balaban J connectivity index is 2.03. The number of hydrogen-bond donors (Lipinski definition) is 0. The second-order valence-corrected chi connectivity index (χ2v) is 6.95. The van der Waals surface area contributed by atoms with Crippen LogP contribution < -0.4 is 0 Å². The van der Waals surface area contributed by atoms with Gasteiger partial charge in [-0.15, -0.1) is 11.3 Å². The SMILES string of the molecule is Cc1ccsc1CN(CCN(C)C)C(=O)[C@@H]1CCCCO1. The van der Waals surface area contributed by atoms with Crippen LogP contribution >= 0.6 is 11.3 Å². The third kappa shape index (κ3) is 4.80. The molecule has 1 fully saturated rings. The van der Waals surface area contributed by atoms with E-state index < -0.39 is 0 Å². The van der Waals surface area contributed by atoms with Crippen molar-refractivity contribution in [2.24, 2.45) is 0 Å². The Hall–Kier alpha value is -0.910. The van der Waals surface area contributed by atoms with Crippen LogP contribution in [0.3, 0.4) is 0 Å². The molecule has 5 heteroatoms. The highest BCUT2D eigenvalue weighted by atomic mass is 32.1. The van der Waals surface area contributed by atoms with Gasteiger partial charge < -0.3 is 14.5 Å². The van der Waals surface area contributed by atoms with E-state index in [1.165, 1.54) is 10.4 Å². The molecule has 0 bridgehead atoms. The number of likely N-dealkylation sites (N-methyl/N-ethyl adjacent to an activating group) is 1. The Morgan fingerprint density at radius 1 is 1.38 bits per heavy atom. The monoisotopic (exact) mass is 310 g/mol. The first kappa shape index (κ1) is 16.5. The van der Waals surface area contributed by atoms with Crippen LogP contribution in [0.4, 0.5) is 0 Å². The normalized spacial score (nSPS) is 19.0. The Kier molecular flexibility index (Phi) is 6.21. The maximum Gasteiger partial charge on any atom is 0.252 e. The number of hydrogen-bond acceptors (Lipinski definition) is 4. The molecular weight excluding hydrogens is 284 g/mol. The van der Waals surface area contributed by atoms with E-state index >= 15 is 0 Å². The Bertz CT molecular complexity index is 453. The van der Waals surface area contributed by atoms with Gasteiger partial charge in [-0.25, -0.2) is 0 Å². The molecule has 2 heterocycles. The Labute approximate surface area is 131 Å².